The van der Waals surface area contributed by atoms with Gasteiger partial charge in [0.05, 0.1) is 0 Å². The number of hydrogen-bond acceptors (Lipinski definition) is 2. The summed E-state index contributed by atoms with van der Waals surface area (Å²) in [4.78, 5) is 0. The van der Waals surface area contributed by atoms with Crippen LogP contribution in [-0.4, -0.2) is 4.17 Å². The van der Waals surface area contributed by atoms with E-state index < -0.39 is 0 Å². The SMILES string of the molecule is CC1=CNC(I)N1. The number of halogens is 1. The summed E-state index contributed by atoms with van der Waals surface area (Å²) in [5.41, 5.74) is 1.21. The zero-order valence-corrected chi connectivity index (χ0v) is 6.19. The lowest BCUT2D eigenvalue weighted by atomic mass is 10.6. The summed E-state index contributed by atoms with van der Waals surface area (Å²) in [6.07, 6.45) is 1.97. The molecule has 0 bridgehead atoms. The van der Waals surface area contributed by atoms with Gasteiger partial charge in [-0.25, -0.2) is 0 Å². The average molecular weight is 210 g/mol. The van der Waals surface area contributed by atoms with Crippen LogP contribution in [0.3, 0.4) is 0 Å². The topological polar surface area (TPSA) is 24.1 Å². The zero-order valence-electron chi connectivity index (χ0n) is 4.03. The molecular weight excluding hydrogens is 203 g/mol. The minimum Gasteiger partial charge on any atom is -0.362 e. The Kier molecular flexibility index (Phi) is 1.41. The van der Waals surface area contributed by atoms with E-state index in [1.54, 1.807) is 0 Å². The highest BCUT2D eigenvalue weighted by Crippen LogP contribution is 2.01. The maximum Gasteiger partial charge on any atom is 0.149 e. The van der Waals surface area contributed by atoms with Gasteiger partial charge in [0.15, 0.2) is 0 Å². The van der Waals surface area contributed by atoms with Gasteiger partial charge in [-0.1, -0.05) is 0 Å². The molecule has 0 spiro atoms. The second-order valence-corrected chi connectivity index (χ2v) is 2.75. The number of hydrogen-bond donors (Lipinski definition) is 2. The van der Waals surface area contributed by atoms with E-state index in [1.165, 1.54) is 5.70 Å². The first kappa shape index (κ1) is 5.21. The van der Waals surface area contributed by atoms with Gasteiger partial charge in [-0.2, -0.15) is 0 Å². The van der Waals surface area contributed by atoms with Gasteiger partial charge in [0, 0.05) is 11.9 Å². The third-order valence-corrected chi connectivity index (χ3v) is 1.47. The van der Waals surface area contributed by atoms with Gasteiger partial charge in [-0.3, -0.25) is 0 Å². The Labute approximate surface area is 56.5 Å². The molecule has 1 rings (SSSR count). The predicted molar refractivity (Wildman–Crippen MR) is 37.8 cm³/mol. The first-order valence-corrected chi connectivity index (χ1v) is 3.37. The van der Waals surface area contributed by atoms with E-state index >= 15 is 0 Å². The number of nitrogens with one attached hydrogen (secondary N) is 2. The molecule has 1 heterocycles. The maximum atomic E-state index is 3.15. The molecule has 3 heteroatoms. The Morgan fingerprint density at radius 3 is 2.71 bits per heavy atom. The zero-order chi connectivity index (χ0) is 5.28. The third-order valence-electron chi connectivity index (χ3n) is 0.801. The second-order valence-electron chi connectivity index (χ2n) is 1.50. The van der Waals surface area contributed by atoms with Crippen LogP contribution < -0.4 is 10.6 Å². The summed E-state index contributed by atoms with van der Waals surface area (Å²) in [6, 6.07) is 0. The Hall–Kier alpha value is 0.0700. The first-order valence-electron chi connectivity index (χ1n) is 2.12. The van der Waals surface area contributed by atoms with Gasteiger partial charge in [0.2, 0.25) is 0 Å². The van der Waals surface area contributed by atoms with Crippen molar-refractivity contribution in [3.63, 3.8) is 0 Å². The molecule has 0 saturated carbocycles. The van der Waals surface area contributed by atoms with Gasteiger partial charge in [0.1, 0.15) is 4.17 Å². The van der Waals surface area contributed by atoms with Crippen LogP contribution in [0.15, 0.2) is 11.9 Å². The summed E-state index contributed by atoms with van der Waals surface area (Å²) in [6.45, 7) is 2.03. The smallest absolute Gasteiger partial charge is 0.149 e. The van der Waals surface area contributed by atoms with E-state index in [1.807, 2.05) is 13.1 Å². The fraction of sp³-hybridized carbons (Fsp3) is 0.500. The lowest BCUT2D eigenvalue weighted by molar-refractivity contribution is 0.781. The van der Waals surface area contributed by atoms with Crippen LogP contribution in [0, 0.1) is 0 Å². The summed E-state index contributed by atoms with van der Waals surface area (Å²) >= 11 is 2.27. The van der Waals surface area contributed by atoms with Crippen molar-refractivity contribution in [3.05, 3.63) is 11.9 Å². The van der Waals surface area contributed by atoms with Crippen molar-refractivity contribution < 1.29 is 0 Å². The molecule has 0 saturated heterocycles. The molecule has 0 amide bonds. The van der Waals surface area contributed by atoms with Gasteiger partial charge in [-0.15, -0.1) is 0 Å². The van der Waals surface area contributed by atoms with Gasteiger partial charge >= 0.3 is 0 Å². The lowest BCUT2D eigenvalue weighted by Gasteiger charge is -2.00. The Bertz CT molecular complexity index is 99.9. The minimum absolute atomic E-state index is 0.401. The largest absolute Gasteiger partial charge is 0.362 e. The monoisotopic (exact) mass is 210 g/mol. The molecule has 0 radical (unpaired) electrons. The molecule has 1 atom stereocenters. The van der Waals surface area contributed by atoms with Crippen molar-refractivity contribution in [1.82, 2.24) is 10.6 Å². The van der Waals surface area contributed by atoms with Crippen LogP contribution in [0.2, 0.25) is 0 Å². The summed E-state index contributed by atoms with van der Waals surface area (Å²) in [5.74, 6) is 0. The normalized spacial score (nSPS) is 28.3. The van der Waals surface area contributed by atoms with Gasteiger partial charge < -0.3 is 10.6 Å². The fourth-order valence-electron chi connectivity index (χ4n) is 0.481. The molecule has 2 N–H and O–H groups in total. The molecule has 0 aromatic carbocycles. The molecule has 2 nitrogen and oxygen atoms in total. The Morgan fingerprint density at radius 1 is 1.86 bits per heavy atom. The van der Waals surface area contributed by atoms with E-state index in [4.69, 9.17) is 0 Å². The molecule has 1 unspecified atom stereocenters. The molecule has 1 aliphatic rings. The van der Waals surface area contributed by atoms with Crippen molar-refractivity contribution in [2.45, 2.75) is 11.1 Å². The van der Waals surface area contributed by atoms with E-state index in [2.05, 4.69) is 33.2 Å². The fourth-order valence-corrected chi connectivity index (χ4v) is 1.15. The number of alkyl halides is 1. The van der Waals surface area contributed by atoms with Gasteiger partial charge in [-0.05, 0) is 29.5 Å². The lowest BCUT2D eigenvalue weighted by Crippen LogP contribution is -2.23. The molecule has 0 aromatic rings. The second kappa shape index (κ2) is 1.90. The Morgan fingerprint density at radius 2 is 2.57 bits per heavy atom. The molecular formula is C4H7IN2. The summed E-state index contributed by atoms with van der Waals surface area (Å²) < 4.78 is 0.401. The molecule has 0 fully saturated rings. The van der Waals surface area contributed by atoms with Crippen LogP contribution in [-0.2, 0) is 0 Å². The van der Waals surface area contributed by atoms with E-state index in [-0.39, 0.29) is 0 Å². The molecule has 40 valence electrons. The summed E-state index contributed by atoms with van der Waals surface area (Å²) in [7, 11) is 0. The molecule has 0 aliphatic carbocycles. The highest BCUT2D eigenvalue weighted by Gasteiger charge is 2.04. The molecule has 1 aliphatic heterocycles. The van der Waals surface area contributed by atoms with E-state index in [0.29, 0.717) is 4.17 Å². The van der Waals surface area contributed by atoms with Crippen LogP contribution >= 0.6 is 22.6 Å². The summed E-state index contributed by atoms with van der Waals surface area (Å²) in [5, 5.41) is 6.24. The van der Waals surface area contributed by atoms with Crippen LogP contribution in [0.5, 0.6) is 0 Å². The standard InChI is InChI=1S/C4H7IN2/c1-3-2-6-4(5)7-3/h2,4,6-7H,1H3. The average Bonchev–Trinajstić information content (AvgIpc) is 1.87. The third kappa shape index (κ3) is 1.22. The van der Waals surface area contributed by atoms with Crippen molar-refractivity contribution in [2.75, 3.05) is 0 Å². The highest BCUT2D eigenvalue weighted by atomic mass is 127. The van der Waals surface area contributed by atoms with E-state index in [0.717, 1.165) is 0 Å². The van der Waals surface area contributed by atoms with Crippen LogP contribution in [0.1, 0.15) is 6.92 Å². The van der Waals surface area contributed by atoms with Crippen molar-refractivity contribution in [1.29, 1.82) is 0 Å². The van der Waals surface area contributed by atoms with E-state index in [9.17, 15) is 0 Å². The number of rotatable bonds is 0. The predicted octanol–water partition coefficient (Wildman–Crippen LogP) is 0.759. The Balaban J connectivity index is 2.42. The van der Waals surface area contributed by atoms with Crippen molar-refractivity contribution in [3.8, 4) is 0 Å². The quantitative estimate of drug-likeness (QED) is 0.350. The highest BCUT2D eigenvalue weighted by molar-refractivity contribution is 14.1. The first-order chi connectivity index (χ1) is 3.29. The van der Waals surface area contributed by atoms with Crippen molar-refractivity contribution in [2.24, 2.45) is 0 Å². The molecule has 0 aromatic heterocycles. The van der Waals surface area contributed by atoms with Crippen LogP contribution in [0.25, 0.3) is 0 Å². The molecule has 7 heavy (non-hydrogen) atoms. The number of allylic oxidation sites excluding steroid dienone is 1. The van der Waals surface area contributed by atoms with Gasteiger partial charge in [0.25, 0.3) is 0 Å². The maximum absolute atomic E-state index is 3.15. The van der Waals surface area contributed by atoms with Crippen molar-refractivity contribution >= 4 is 22.6 Å². The minimum atomic E-state index is 0.401. The van der Waals surface area contributed by atoms with Crippen LogP contribution in [0.4, 0.5) is 0 Å².